The fourth-order valence-corrected chi connectivity index (χ4v) is 8.53. The molecule has 0 spiro atoms. The van der Waals surface area contributed by atoms with E-state index in [9.17, 15) is 18.3 Å². The van der Waals surface area contributed by atoms with Crippen molar-refractivity contribution in [2.45, 2.75) is 83.0 Å². The highest BCUT2D eigenvalue weighted by Gasteiger charge is 2.67. The zero-order chi connectivity index (χ0) is 25.3. The summed E-state index contributed by atoms with van der Waals surface area (Å²) in [5.74, 6) is -0.522. The Bertz CT molecular complexity index is 919. The standard InChI is InChI=1S/C22H41BN4O6S/c1-14(24)11-26(5)34(30,31)27-12-15(22(25,13-27)19(28)29)7-6-8-23-32-18-10-16-9-17(20(16,2)3)21(18,4)33-23/h14-18H,6-13,24-25H2,1-5H3,(H,28,29)/t14?,15-,16+,17+,18-,21+,22-/m0/s1. The molecule has 5 rings (SSSR count). The van der Waals surface area contributed by atoms with Crippen molar-refractivity contribution in [3.63, 3.8) is 0 Å². The van der Waals surface area contributed by atoms with Gasteiger partial charge in [-0.3, -0.25) is 4.79 Å². The number of carboxylic acids is 1. The molecule has 34 heavy (non-hydrogen) atoms. The summed E-state index contributed by atoms with van der Waals surface area (Å²) in [6.45, 7) is 8.49. The fraction of sp³-hybridized carbons (Fsp3) is 0.955. The van der Waals surface area contributed by atoms with Crippen molar-refractivity contribution >= 4 is 23.3 Å². The normalized spacial score (nSPS) is 40.3. The maximum Gasteiger partial charge on any atom is 0.457 e. The van der Waals surface area contributed by atoms with E-state index in [4.69, 9.17) is 20.8 Å². The average Bonchev–Trinajstić information content (AvgIpc) is 3.24. The SMILES string of the molecule is CC(N)CN(C)S(=O)(=O)N1C[C@H](CCCB2O[C@H]3C[C@H]4C[C@H](C4(C)C)[C@@]3(C)O2)[C@](N)(C(=O)O)C1. The molecule has 1 unspecified atom stereocenters. The Morgan fingerprint density at radius 2 is 2.00 bits per heavy atom. The molecule has 5 fully saturated rings. The van der Waals surface area contributed by atoms with Gasteiger partial charge in [0.15, 0.2) is 0 Å². The molecule has 0 aromatic rings. The number of hydrogen-bond acceptors (Lipinski definition) is 7. The highest BCUT2D eigenvalue weighted by Crippen LogP contribution is 2.65. The average molecular weight is 500 g/mol. The molecule has 0 aromatic carbocycles. The van der Waals surface area contributed by atoms with E-state index < -0.39 is 27.6 Å². The molecular weight excluding hydrogens is 459 g/mol. The lowest BCUT2D eigenvalue weighted by molar-refractivity contribution is -0.199. The zero-order valence-electron chi connectivity index (χ0n) is 21.1. The molecule has 10 nitrogen and oxygen atoms in total. The molecule has 7 atom stereocenters. The van der Waals surface area contributed by atoms with E-state index in [-0.39, 0.29) is 49.9 Å². The lowest BCUT2D eigenvalue weighted by atomic mass is 9.43. The molecule has 0 amide bonds. The molecule has 2 heterocycles. The molecule has 5 N–H and O–H groups in total. The van der Waals surface area contributed by atoms with Crippen molar-refractivity contribution in [1.29, 1.82) is 0 Å². The Labute approximate surface area is 204 Å². The summed E-state index contributed by atoms with van der Waals surface area (Å²) < 4.78 is 41.0. The lowest BCUT2D eigenvalue weighted by Gasteiger charge is -2.64. The summed E-state index contributed by atoms with van der Waals surface area (Å²) >= 11 is 0. The molecule has 2 bridgehead atoms. The van der Waals surface area contributed by atoms with Gasteiger partial charge < -0.3 is 25.9 Å². The van der Waals surface area contributed by atoms with Crippen LogP contribution in [-0.4, -0.2) is 85.2 Å². The third-order valence-electron chi connectivity index (χ3n) is 9.25. The molecule has 0 radical (unpaired) electrons. The number of rotatable bonds is 9. The Morgan fingerprint density at radius 1 is 1.32 bits per heavy atom. The number of likely N-dealkylation sites (N-methyl/N-ethyl adjacent to an activating group) is 1. The van der Waals surface area contributed by atoms with Crippen molar-refractivity contribution in [3.8, 4) is 0 Å². The summed E-state index contributed by atoms with van der Waals surface area (Å²) in [7, 11) is -2.72. The van der Waals surface area contributed by atoms with E-state index in [0.717, 1.165) is 10.7 Å². The summed E-state index contributed by atoms with van der Waals surface area (Å²) in [5.41, 5.74) is 10.4. The molecule has 0 aromatic heterocycles. The van der Waals surface area contributed by atoms with E-state index in [1.807, 2.05) is 0 Å². The van der Waals surface area contributed by atoms with E-state index in [0.29, 0.717) is 31.0 Å². The van der Waals surface area contributed by atoms with Crippen molar-refractivity contribution < 1.29 is 27.6 Å². The van der Waals surface area contributed by atoms with Gasteiger partial charge in [0.2, 0.25) is 0 Å². The maximum atomic E-state index is 13.0. The van der Waals surface area contributed by atoms with Crippen LogP contribution in [0.3, 0.4) is 0 Å². The van der Waals surface area contributed by atoms with E-state index in [2.05, 4.69) is 20.8 Å². The van der Waals surface area contributed by atoms with Crippen LogP contribution < -0.4 is 11.5 Å². The topological polar surface area (TPSA) is 148 Å². The first-order valence-electron chi connectivity index (χ1n) is 12.4. The van der Waals surface area contributed by atoms with Crippen molar-refractivity contribution in [2.75, 3.05) is 26.7 Å². The van der Waals surface area contributed by atoms with Gasteiger partial charge in [-0.1, -0.05) is 20.3 Å². The summed E-state index contributed by atoms with van der Waals surface area (Å²) in [4.78, 5) is 12.1. The van der Waals surface area contributed by atoms with Crippen LogP contribution in [0, 0.1) is 23.2 Å². The molecule has 2 aliphatic heterocycles. The van der Waals surface area contributed by atoms with Crippen molar-refractivity contribution in [2.24, 2.45) is 34.6 Å². The first-order valence-corrected chi connectivity index (χ1v) is 13.8. The first kappa shape index (κ1) is 26.3. The molecular formula is C22H41BN4O6S. The van der Waals surface area contributed by atoms with Gasteiger partial charge in [0, 0.05) is 38.6 Å². The van der Waals surface area contributed by atoms with Gasteiger partial charge in [0.05, 0.1) is 11.7 Å². The summed E-state index contributed by atoms with van der Waals surface area (Å²) in [6, 6.07) is -0.339. The molecule has 3 saturated carbocycles. The maximum absolute atomic E-state index is 13.0. The zero-order valence-corrected chi connectivity index (χ0v) is 21.9. The van der Waals surface area contributed by atoms with Crippen LogP contribution in [0.4, 0.5) is 0 Å². The third-order valence-corrected chi connectivity index (χ3v) is 11.1. The number of aliphatic carboxylic acids is 1. The minimum Gasteiger partial charge on any atom is -0.480 e. The van der Waals surface area contributed by atoms with Gasteiger partial charge in [-0.05, 0) is 56.7 Å². The Hall–Kier alpha value is -0.755. The van der Waals surface area contributed by atoms with Crippen molar-refractivity contribution in [3.05, 3.63) is 0 Å². The minimum atomic E-state index is -3.85. The van der Waals surface area contributed by atoms with E-state index in [1.165, 1.54) is 17.8 Å². The van der Waals surface area contributed by atoms with E-state index >= 15 is 0 Å². The number of carboxylic acid groups (broad SMARTS) is 1. The summed E-state index contributed by atoms with van der Waals surface area (Å²) in [6.07, 6.45) is 4.07. The van der Waals surface area contributed by atoms with Gasteiger partial charge in [-0.2, -0.15) is 17.0 Å². The number of hydrogen-bond donors (Lipinski definition) is 3. The van der Waals surface area contributed by atoms with Gasteiger partial charge in [-0.25, -0.2) is 0 Å². The second kappa shape index (κ2) is 8.67. The Kier molecular flexibility index (Phi) is 6.71. The number of nitrogens with zero attached hydrogens (tertiary/aromatic N) is 2. The second-order valence-corrected chi connectivity index (χ2v) is 14.0. The predicted molar refractivity (Wildman–Crippen MR) is 129 cm³/mol. The summed E-state index contributed by atoms with van der Waals surface area (Å²) in [5, 5.41) is 9.85. The number of carbonyl (C=O) groups is 1. The first-order chi connectivity index (χ1) is 15.6. The highest BCUT2D eigenvalue weighted by atomic mass is 32.2. The quantitative estimate of drug-likeness (QED) is 0.393. The van der Waals surface area contributed by atoms with Crippen LogP contribution in [0.25, 0.3) is 0 Å². The lowest BCUT2D eigenvalue weighted by Crippen LogP contribution is -2.65. The van der Waals surface area contributed by atoms with Crippen LogP contribution in [-0.2, 0) is 24.3 Å². The van der Waals surface area contributed by atoms with Crippen LogP contribution in [0.15, 0.2) is 0 Å². The smallest absolute Gasteiger partial charge is 0.457 e. The van der Waals surface area contributed by atoms with Gasteiger partial charge >= 0.3 is 13.1 Å². The monoisotopic (exact) mass is 500 g/mol. The molecule has 12 heteroatoms. The van der Waals surface area contributed by atoms with Crippen LogP contribution in [0.5, 0.6) is 0 Å². The largest absolute Gasteiger partial charge is 0.480 e. The minimum absolute atomic E-state index is 0.0685. The Balaban J connectivity index is 1.36. The van der Waals surface area contributed by atoms with Gasteiger partial charge in [-0.15, -0.1) is 0 Å². The van der Waals surface area contributed by atoms with Crippen LogP contribution in [0.2, 0.25) is 6.32 Å². The fourth-order valence-electron chi connectivity index (χ4n) is 6.96. The Morgan fingerprint density at radius 3 is 2.59 bits per heavy atom. The molecule has 2 saturated heterocycles. The third kappa shape index (κ3) is 4.12. The van der Waals surface area contributed by atoms with E-state index in [1.54, 1.807) is 6.92 Å². The van der Waals surface area contributed by atoms with Gasteiger partial charge in [0.25, 0.3) is 10.2 Å². The molecule has 194 valence electrons. The van der Waals surface area contributed by atoms with Crippen molar-refractivity contribution in [1.82, 2.24) is 8.61 Å². The number of nitrogens with two attached hydrogens (primary N) is 2. The predicted octanol–water partition coefficient (Wildman–Crippen LogP) is 0.733. The van der Waals surface area contributed by atoms with Crippen LogP contribution >= 0.6 is 0 Å². The second-order valence-electron chi connectivity index (χ2n) is 11.9. The molecule has 3 aliphatic carbocycles. The van der Waals surface area contributed by atoms with Crippen LogP contribution in [0.1, 0.15) is 53.4 Å². The molecule has 5 aliphatic rings. The van der Waals surface area contributed by atoms with Gasteiger partial charge in [0.1, 0.15) is 5.54 Å². The highest BCUT2D eigenvalue weighted by molar-refractivity contribution is 7.86.